The summed E-state index contributed by atoms with van der Waals surface area (Å²) < 4.78 is 35.0. The molecule has 6 nitrogen and oxygen atoms in total. The second kappa shape index (κ2) is 5.64. The van der Waals surface area contributed by atoms with Gasteiger partial charge in [-0.1, -0.05) is 15.9 Å². The first-order chi connectivity index (χ1) is 9.58. The smallest absolute Gasteiger partial charge is 0.246 e. The van der Waals surface area contributed by atoms with Crippen molar-refractivity contribution in [2.24, 2.45) is 7.05 Å². The van der Waals surface area contributed by atoms with Crippen molar-refractivity contribution in [3.63, 3.8) is 0 Å². The summed E-state index contributed by atoms with van der Waals surface area (Å²) in [6.45, 7) is 8.02. The van der Waals surface area contributed by atoms with E-state index >= 15 is 0 Å². The molecule has 2 heterocycles. The number of alkyl halides is 1. The van der Waals surface area contributed by atoms with E-state index in [1.54, 1.807) is 25.6 Å². The lowest BCUT2D eigenvalue weighted by molar-refractivity contribution is -0.106. The number of aromatic nitrogens is 2. The molecule has 120 valence electrons. The Labute approximate surface area is 134 Å². The van der Waals surface area contributed by atoms with E-state index in [-0.39, 0.29) is 6.10 Å². The predicted molar refractivity (Wildman–Crippen MR) is 84.2 cm³/mol. The van der Waals surface area contributed by atoms with Crippen LogP contribution in [0, 0.1) is 13.8 Å². The van der Waals surface area contributed by atoms with Crippen LogP contribution in [0.15, 0.2) is 4.90 Å². The van der Waals surface area contributed by atoms with E-state index in [1.165, 1.54) is 4.31 Å². The van der Waals surface area contributed by atoms with Gasteiger partial charge >= 0.3 is 0 Å². The van der Waals surface area contributed by atoms with Gasteiger partial charge in [-0.3, -0.25) is 4.68 Å². The van der Waals surface area contributed by atoms with Crippen LogP contribution in [-0.2, 0) is 21.8 Å². The first kappa shape index (κ1) is 16.9. The molecule has 1 aromatic rings. The van der Waals surface area contributed by atoms with E-state index < -0.39 is 15.6 Å². The van der Waals surface area contributed by atoms with Crippen molar-refractivity contribution < 1.29 is 13.2 Å². The minimum absolute atomic E-state index is 0.152. The number of aryl methyl sites for hydroxylation is 2. The molecule has 1 unspecified atom stereocenters. The van der Waals surface area contributed by atoms with Crippen molar-refractivity contribution in [2.75, 3.05) is 18.4 Å². The summed E-state index contributed by atoms with van der Waals surface area (Å²) in [6.07, 6.45) is -0.152. The normalized spacial score (nSPS) is 23.4. The molecule has 0 aliphatic carbocycles. The van der Waals surface area contributed by atoms with Gasteiger partial charge in [0.2, 0.25) is 10.0 Å². The second-order valence-electron chi connectivity index (χ2n) is 6.07. The Morgan fingerprint density at radius 2 is 2.05 bits per heavy atom. The van der Waals surface area contributed by atoms with Crippen LogP contribution < -0.4 is 0 Å². The summed E-state index contributed by atoms with van der Waals surface area (Å²) in [4.78, 5) is 0.316. The van der Waals surface area contributed by atoms with Gasteiger partial charge in [0.25, 0.3) is 0 Å². The molecule has 1 fully saturated rings. The SMILES string of the molecule is Cc1nn(C)c(C)c1S(=O)(=O)N1CC(CBr)OC(C)(C)C1. The lowest BCUT2D eigenvalue weighted by Crippen LogP contribution is -2.55. The van der Waals surface area contributed by atoms with E-state index in [2.05, 4.69) is 21.0 Å². The van der Waals surface area contributed by atoms with Crippen LogP contribution in [0.2, 0.25) is 0 Å². The summed E-state index contributed by atoms with van der Waals surface area (Å²) in [7, 11) is -1.81. The molecular weight excluding hydrogens is 358 g/mol. The summed E-state index contributed by atoms with van der Waals surface area (Å²) in [6, 6.07) is 0. The van der Waals surface area contributed by atoms with Gasteiger partial charge in [-0.2, -0.15) is 9.40 Å². The second-order valence-corrected chi connectivity index (χ2v) is 8.60. The fraction of sp³-hybridized carbons (Fsp3) is 0.769. The zero-order valence-electron chi connectivity index (χ0n) is 13.1. The number of rotatable bonds is 3. The van der Waals surface area contributed by atoms with E-state index in [1.807, 2.05) is 13.8 Å². The average molecular weight is 380 g/mol. The highest BCUT2D eigenvalue weighted by Gasteiger charge is 2.40. The number of halogens is 1. The Morgan fingerprint density at radius 1 is 1.43 bits per heavy atom. The summed E-state index contributed by atoms with van der Waals surface area (Å²) in [5.41, 5.74) is 0.690. The highest BCUT2D eigenvalue weighted by molar-refractivity contribution is 9.09. The molecule has 0 amide bonds. The summed E-state index contributed by atoms with van der Waals surface area (Å²) >= 11 is 3.38. The maximum Gasteiger partial charge on any atom is 0.246 e. The molecule has 2 rings (SSSR count). The molecule has 0 N–H and O–H groups in total. The zero-order valence-corrected chi connectivity index (χ0v) is 15.5. The Morgan fingerprint density at radius 3 is 2.52 bits per heavy atom. The molecule has 1 saturated heterocycles. The molecule has 8 heteroatoms. The van der Waals surface area contributed by atoms with Crippen LogP contribution in [0.25, 0.3) is 0 Å². The highest BCUT2D eigenvalue weighted by Crippen LogP contribution is 2.29. The van der Waals surface area contributed by atoms with Gasteiger partial charge in [0.05, 0.1) is 23.1 Å². The van der Waals surface area contributed by atoms with Crippen molar-refractivity contribution in [3.8, 4) is 0 Å². The Hall–Kier alpha value is -0.440. The molecule has 0 bridgehead atoms. The van der Waals surface area contributed by atoms with Gasteiger partial charge in [-0.05, 0) is 27.7 Å². The van der Waals surface area contributed by atoms with Crippen LogP contribution in [-0.4, -0.2) is 52.6 Å². The van der Waals surface area contributed by atoms with Gasteiger partial charge in [-0.15, -0.1) is 0 Å². The zero-order chi connectivity index (χ0) is 16.0. The van der Waals surface area contributed by atoms with Gasteiger partial charge in [0.15, 0.2) is 0 Å². The van der Waals surface area contributed by atoms with Gasteiger partial charge in [0.1, 0.15) is 4.90 Å². The maximum absolute atomic E-state index is 13.0. The Bertz CT molecular complexity index is 639. The molecule has 0 radical (unpaired) electrons. The minimum Gasteiger partial charge on any atom is -0.369 e. The third-order valence-corrected chi connectivity index (χ3v) is 6.45. The first-order valence-corrected chi connectivity index (χ1v) is 9.39. The van der Waals surface area contributed by atoms with Crippen molar-refractivity contribution >= 4 is 26.0 Å². The standard InChI is InChI=1S/C13H22BrN3O3S/c1-9-12(10(2)16(5)15-9)21(18,19)17-7-11(6-14)20-13(3,4)8-17/h11H,6-8H2,1-5H3. The number of nitrogens with zero attached hydrogens (tertiary/aromatic N) is 3. The molecule has 21 heavy (non-hydrogen) atoms. The van der Waals surface area contributed by atoms with Crippen LogP contribution in [0.4, 0.5) is 0 Å². The number of ether oxygens (including phenoxy) is 1. The van der Waals surface area contributed by atoms with E-state index in [0.29, 0.717) is 34.7 Å². The van der Waals surface area contributed by atoms with Crippen LogP contribution >= 0.6 is 15.9 Å². The van der Waals surface area contributed by atoms with E-state index in [0.717, 1.165) is 0 Å². The summed E-state index contributed by atoms with van der Waals surface area (Å²) in [5.74, 6) is 0. The molecule has 1 aliphatic rings. The lowest BCUT2D eigenvalue weighted by atomic mass is 10.1. The van der Waals surface area contributed by atoms with E-state index in [9.17, 15) is 8.42 Å². The van der Waals surface area contributed by atoms with Crippen LogP contribution in [0.3, 0.4) is 0 Å². The molecule has 0 spiro atoms. The van der Waals surface area contributed by atoms with Crippen molar-refractivity contribution in [3.05, 3.63) is 11.4 Å². The van der Waals surface area contributed by atoms with Gasteiger partial charge in [-0.25, -0.2) is 8.42 Å². The molecule has 1 atom stereocenters. The highest BCUT2D eigenvalue weighted by atomic mass is 79.9. The van der Waals surface area contributed by atoms with Gasteiger partial charge in [0, 0.05) is 25.5 Å². The molecule has 1 aliphatic heterocycles. The molecular formula is C13H22BrN3O3S. The van der Waals surface area contributed by atoms with Crippen molar-refractivity contribution in [1.82, 2.24) is 14.1 Å². The molecule has 0 saturated carbocycles. The van der Waals surface area contributed by atoms with Crippen molar-refractivity contribution in [1.29, 1.82) is 0 Å². The van der Waals surface area contributed by atoms with Crippen LogP contribution in [0.5, 0.6) is 0 Å². The predicted octanol–water partition coefficient (Wildman–Crippen LogP) is 1.60. The third kappa shape index (κ3) is 3.18. The number of morpholine rings is 1. The van der Waals surface area contributed by atoms with Crippen LogP contribution in [0.1, 0.15) is 25.2 Å². The molecule has 1 aromatic heterocycles. The Kier molecular flexibility index (Phi) is 4.55. The Balaban J connectivity index is 2.43. The number of sulfonamides is 1. The van der Waals surface area contributed by atoms with Gasteiger partial charge < -0.3 is 4.74 Å². The minimum atomic E-state index is -3.57. The number of hydrogen-bond donors (Lipinski definition) is 0. The fourth-order valence-electron chi connectivity index (χ4n) is 2.76. The average Bonchev–Trinajstić information content (AvgIpc) is 2.61. The third-order valence-electron chi connectivity index (χ3n) is 3.66. The fourth-order valence-corrected chi connectivity index (χ4v) is 5.12. The lowest BCUT2D eigenvalue weighted by Gasteiger charge is -2.41. The molecule has 0 aromatic carbocycles. The number of hydrogen-bond acceptors (Lipinski definition) is 4. The quantitative estimate of drug-likeness (QED) is 0.748. The van der Waals surface area contributed by atoms with E-state index in [4.69, 9.17) is 4.74 Å². The topological polar surface area (TPSA) is 64.4 Å². The monoisotopic (exact) mass is 379 g/mol. The summed E-state index contributed by atoms with van der Waals surface area (Å²) in [5, 5.41) is 4.82. The largest absolute Gasteiger partial charge is 0.369 e. The first-order valence-electron chi connectivity index (χ1n) is 6.82. The maximum atomic E-state index is 13.0. The van der Waals surface area contributed by atoms with Crippen molar-refractivity contribution in [2.45, 2.75) is 44.3 Å².